The Bertz CT molecular complexity index is 931. The minimum Gasteiger partial charge on any atom is -0.496 e. The van der Waals surface area contributed by atoms with Gasteiger partial charge in [-0.2, -0.15) is 0 Å². The number of imidazole rings is 1. The molecule has 0 saturated heterocycles. The van der Waals surface area contributed by atoms with Crippen molar-refractivity contribution < 1.29 is 14.6 Å². The Kier molecular flexibility index (Phi) is 3.85. The van der Waals surface area contributed by atoms with Crippen LogP contribution in [0.2, 0.25) is 0 Å². The minimum absolute atomic E-state index is 0.147. The van der Waals surface area contributed by atoms with Gasteiger partial charge >= 0.3 is 5.97 Å². The summed E-state index contributed by atoms with van der Waals surface area (Å²) in [5.74, 6) is -0.258. The molecule has 0 spiro atoms. The molecule has 6 heteroatoms. The molecule has 2 heterocycles. The zero-order valence-electron chi connectivity index (χ0n) is 12.9. The molecule has 1 N–H and O–H groups in total. The van der Waals surface area contributed by atoms with Crippen LogP contribution in [0.3, 0.4) is 0 Å². The number of methoxy groups -OCH3 is 1. The van der Waals surface area contributed by atoms with E-state index in [2.05, 4.69) is 20.9 Å². The number of carboxylic acid groups (broad SMARTS) is 1. The molecule has 0 fully saturated rings. The van der Waals surface area contributed by atoms with Crippen molar-refractivity contribution in [2.75, 3.05) is 7.11 Å². The Hall–Kier alpha value is -2.34. The van der Waals surface area contributed by atoms with Gasteiger partial charge in [0.2, 0.25) is 0 Å². The van der Waals surface area contributed by atoms with E-state index in [1.165, 1.54) is 0 Å². The number of carbonyl (C=O) groups is 1. The van der Waals surface area contributed by atoms with Crippen LogP contribution in [0.1, 0.15) is 21.6 Å². The lowest BCUT2D eigenvalue weighted by Crippen LogP contribution is -2.04. The van der Waals surface area contributed by atoms with E-state index in [-0.39, 0.29) is 5.69 Å². The monoisotopic (exact) mass is 374 g/mol. The average molecular weight is 375 g/mol. The number of nitrogens with zero attached hydrogens (tertiary/aromatic N) is 2. The van der Waals surface area contributed by atoms with Crippen LogP contribution < -0.4 is 4.74 Å². The number of benzene rings is 1. The van der Waals surface area contributed by atoms with Crippen molar-refractivity contribution >= 4 is 27.5 Å². The zero-order chi connectivity index (χ0) is 16.7. The van der Waals surface area contributed by atoms with Crippen molar-refractivity contribution in [2.24, 2.45) is 0 Å². The summed E-state index contributed by atoms with van der Waals surface area (Å²) in [5, 5.41) is 9.66. The Labute approximate surface area is 141 Å². The lowest BCUT2D eigenvalue weighted by Gasteiger charge is -2.06. The smallest absolute Gasteiger partial charge is 0.355 e. The number of aryl methyl sites for hydroxylation is 2. The Morgan fingerprint density at radius 3 is 2.61 bits per heavy atom. The summed E-state index contributed by atoms with van der Waals surface area (Å²) in [5.41, 5.74) is 3.81. The molecule has 1 aromatic carbocycles. The SMILES string of the molecule is COc1ccc(-c2nc3c(C)cc(Br)cn3c2C(=O)O)cc1C. The highest BCUT2D eigenvalue weighted by molar-refractivity contribution is 9.10. The van der Waals surface area contributed by atoms with Gasteiger partial charge in [0.05, 0.1) is 7.11 Å². The highest BCUT2D eigenvalue weighted by atomic mass is 79.9. The number of hydrogen-bond donors (Lipinski definition) is 1. The Morgan fingerprint density at radius 2 is 2.00 bits per heavy atom. The predicted octanol–water partition coefficient (Wildman–Crippen LogP) is 4.09. The first-order valence-corrected chi connectivity index (χ1v) is 7.78. The number of hydrogen-bond acceptors (Lipinski definition) is 3. The molecule has 0 atom stereocenters. The van der Waals surface area contributed by atoms with Crippen LogP contribution in [0.5, 0.6) is 5.75 Å². The molecule has 118 valence electrons. The molecular weight excluding hydrogens is 360 g/mol. The predicted molar refractivity (Wildman–Crippen MR) is 91.3 cm³/mol. The molecule has 0 saturated carbocycles. The summed E-state index contributed by atoms with van der Waals surface area (Å²) in [7, 11) is 1.61. The van der Waals surface area contributed by atoms with Crippen molar-refractivity contribution in [1.82, 2.24) is 9.38 Å². The van der Waals surface area contributed by atoms with Crippen LogP contribution in [0.15, 0.2) is 34.9 Å². The summed E-state index contributed by atoms with van der Waals surface area (Å²) in [6.45, 7) is 3.82. The molecule has 23 heavy (non-hydrogen) atoms. The number of fused-ring (bicyclic) bond motifs is 1. The summed E-state index contributed by atoms with van der Waals surface area (Å²) in [6, 6.07) is 7.45. The van der Waals surface area contributed by atoms with E-state index in [1.54, 1.807) is 17.7 Å². The quantitative estimate of drug-likeness (QED) is 0.749. The van der Waals surface area contributed by atoms with Crippen LogP contribution in [0, 0.1) is 13.8 Å². The van der Waals surface area contributed by atoms with Gasteiger partial charge in [0.1, 0.15) is 17.1 Å². The topological polar surface area (TPSA) is 63.8 Å². The number of carboxylic acids is 1. The van der Waals surface area contributed by atoms with Gasteiger partial charge in [0.25, 0.3) is 0 Å². The molecule has 0 aliphatic carbocycles. The third kappa shape index (κ3) is 2.59. The molecule has 0 unspecified atom stereocenters. The molecular formula is C17H15BrN2O3. The summed E-state index contributed by atoms with van der Waals surface area (Å²) >= 11 is 3.40. The molecule has 3 aromatic rings. The van der Waals surface area contributed by atoms with Crippen molar-refractivity contribution in [1.29, 1.82) is 0 Å². The standard InChI is InChI=1S/C17H15BrN2O3/c1-9-6-11(4-5-13(9)23-3)14-15(17(21)22)20-8-12(18)7-10(2)16(20)19-14/h4-8H,1-3H3,(H,21,22). The molecule has 0 radical (unpaired) electrons. The fourth-order valence-corrected chi connectivity index (χ4v) is 3.25. The van der Waals surface area contributed by atoms with Crippen molar-refractivity contribution in [2.45, 2.75) is 13.8 Å². The second kappa shape index (κ2) is 5.70. The molecule has 0 aliphatic rings. The maximum absolute atomic E-state index is 11.8. The summed E-state index contributed by atoms with van der Waals surface area (Å²) in [6.07, 6.45) is 1.72. The van der Waals surface area contributed by atoms with E-state index >= 15 is 0 Å². The van der Waals surface area contributed by atoms with Gasteiger partial charge < -0.3 is 9.84 Å². The number of aromatic carboxylic acids is 1. The van der Waals surface area contributed by atoms with E-state index in [1.807, 2.05) is 38.1 Å². The summed E-state index contributed by atoms with van der Waals surface area (Å²) in [4.78, 5) is 16.4. The normalized spacial score (nSPS) is 11.0. The van der Waals surface area contributed by atoms with Crippen LogP contribution in [0.25, 0.3) is 16.9 Å². The lowest BCUT2D eigenvalue weighted by atomic mass is 10.1. The highest BCUT2D eigenvalue weighted by Crippen LogP contribution is 2.30. The van der Waals surface area contributed by atoms with Crippen molar-refractivity contribution in [3.63, 3.8) is 0 Å². The van der Waals surface area contributed by atoms with E-state index in [9.17, 15) is 9.90 Å². The van der Waals surface area contributed by atoms with Gasteiger partial charge in [-0.1, -0.05) is 0 Å². The lowest BCUT2D eigenvalue weighted by molar-refractivity contribution is 0.0690. The zero-order valence-corrected chi connectivity index (χ0v) is 14.5. The van der Waals surface area contributed by atoms with E-state index in [0.29, 0.717) is 11.3 Å². The van der Waals surface area contributed by atoms with Crippen LogP contribution >= 0.6 is 15.9 Å². The molecule has 0 bridgehead atoms. The number of rotatable bonds is 3. The Balaban J connectivity index is 2.33. The summed E-state index contributed by atoms with van der Waals surface area (Å²) < 4.78 is 7.67. The van der Waals surface area contributed by atoms with E-state index in [0.717, 1.165) is 26.9 Å². The molecule has 2 aromatic heterocycles. The van der Waals surface area contributed by atoms with Gasteiger partial charge in [0.15, 0.2) is 5.69 Å². The number of pyridine rings is 1. The number of halogens is 1. The first-order chi connectivity index (χ1) is 10.9. The second-order valence-electron chi connectivity index (χ2n) is 5.33. The number of aromatic nitrogens is 2. The van der Waals surface area contributed by atoms with Crippen LogP contribution in [0.4, 0.5) is 0 Å². The molecule has 0 aliphatic heterocycles. The fourth-order valence-electron chi connectivity index (χ4n) is 2.70. The molecule has 5 nitrogen and oxygen atoms in total. The Morgan fingerprint density at radius 1 is 1.26 bits per heavy atom. The van der Waals surface area contributed by atoms with Gasteiger partial charge in [-0.25, -0.2) is 9.78 Å². The van der Waals surface area contributed by atoms with E-state index in [4.69, 9.17) is 4.74 Å². The maximum atomic E-state index is 11.8. The van der Waals surface area contributed by atoms with Gasteiger partial charge in [-0.15, -0.1) is 0 Å². The third-order valence-corrected chi connectivity index (χ3v) is 4.18. The first kappa shape index (κ1) is 15.6. The maximum Gasteiger partial charge on any atom is 0.355 e. The first-order valence-electron chi connectivity index (χ1n) is 6.99. The second-order valence-corrected chi connectivity index (χ2v) is 6.25. The van der Waals surface area contributed by atoms with Gasteiger partial charge in [-0.05, 0) is 65.2 Å². The fraction of sp³-hybridized carbons (Fsp3) is 0.176. The molecule has 0 amide bonds. The number of ether oxygens (including phenoxy) is 1. The van der Waals surface area contributed by atoms with Gasteiger partial charge in [0, 0.05) is 16.2 Å². The largest absolute Gasteiger partial charge is 0.496 e. The molecule has 3 rings (SSSR count). The van der Waals surface area contributed by atoms with Gasteiger partial charge in [-0.3, -0.25) is 4.40 Å². The average Bonchev–Trinajstić information content (AvgIpc) is 2.86. The van der Waals surface area contributed by atoms with Crippen LogP contribution in [-0.2, 0) is 0 Å². The van der Waals surface area contributed by atoms with Crippen molar-refractivity contribution in [3.8, 4) is 17.0 Å². The minimum atomic E-state index is -1.02. The van der Waals surface area contributed by atoms with Crippen LogP contribution in [-0.4, -0.2) is 27.6 Å². The van der Waals surface area contributed by atoms with Crippen molar-refractivity contribution in [3.05, 3.63) is 51.8 Å². The van der Waals surface area contributed by atoms with E-state index < -0.39 is 5.97 Å². The highest BCUT2D eigenvalue weighted by Gasteiger charge is 2.21. The third-order valence-electron chi connectivity index (χ3n) is 3.74.